The monoisotopic (exact) mass is 226 g/mol. The predicted molar refractivity (Wildman–Crippen MR) is 71.9 cm³/mol. The molecule has 0 aromatic heterocycles. The van der Waals surface area contributed by atoms with Gasteiger partial charge < -0.3 is 5.32 Å². The van der Waals surface area contributed by atoms with Crippen LogP contribution in [0.2, 0.25) is 0 Å². The van der Waals surface area contributed by atoms with Crippen molar-refractivity contribution < 1.29 is 0 Å². The standard InChI is InChI=1S/C14H30N2/c1-6-9-13(5)16-10-12(4)15-11-14(16,7-2)8-3/h12-13,15H,6-11H2,1-5H3. The summed E-state index contributed by atoms with van der Waals surface area (Å²) < 4.78 is 0. The lowest BCUT2D eigenvalue weighted by Gasteiger charge is -2.52. The molecule has 2 heteroatoms. The number of rotatable bonds is 5. The van der Waals surface area contributed by atoms with Crippen LogP contribution >= 0.6 is 0 Å². The van der Waals surface area contributed by atoms with E-state index in [1.54, 1.807) is 0 Å². The van der Waals surface area contributed by atoms with Crippen molar-refractivity contribution in [1.82, 2.24) is 10.2 Å². The molecular formula is C14H30N2. The molecule has 0 spiro atoms. The minimum absolute atomic E-state index is 0.404. The maximum Gasteiger partial charge on any atom is 0.0332 e. The fraction of sp³-hybridized carbons (Fsp3) is 1.00. The van der Waals surface area contributed by atoms with Gasteiger partial charge in [0.15, 0.2) is 0 Å². The number of hydrogen-bond acceptors (Lipinski definition) is 2. The molecule has 1 N–H and O–H groups in total. The highest BCUT2D eigenvalue weighted by molar-refractivity contribution is 4.98. The molecule has 96 valence electrons. The first kappa shape index (κ1) is 14.0. The van der Waals surface area contributed by atoms with E-state index in [4.69, 9.17) is 0 Å². The molecular weight excluding hydrogens is 196 g/mol. The summed E-state index contributed by atoms with van der Waals surface area (Å²) in [6, 6.07) is 1.37. The Hall–Kier alpha value is -0.0800. The Bertz CT molecular complexity index is 199. The lowest BCUT2D eigenvalue weighted by Crippen LogP contribution is -2.65. The third kappa shape index (κ3) is 2.78. The molecule has 1 heterocycles. The van der Waals surface area contributed by atoms with Crippen LogP contribution in [0.5, 0.6) is 0 Å². The molecule has 0 aromatic carbocycles. The lowest BCUT2D eigenvalue weighted by molar-refractivity contribution is 0.000827. The van der Waals surface area contributed by atoms with Crippen molar-refractivity contribution in [3.8, 4) is 0 Å². The van der Waals surface area contributed by atoms with E-state index in [2.05, 4.69) is 44.8 Å². The van der Waals surface area contributed by atoms with Crippen LogP contribution in [-0.2, 0) is 0 Å². The zero-order valence-electron chi connectivity index (χ0n) is 11.8. The molecule has 0 amide bonds. The third-order valence-electron chi connectivity index (χ3n) is 4.41. The topological polar surface area (TPSA) is 15.3 Å². The molecule has 0 saturated carbocycles. The molecule has 0 aliphatic carbocycles. The van der Waals surface area contributed by atoms with Gasteiger partial charge in [0.25, 0.3) is 0 Å². The van der Waals surface area contributed by atoms with E-state index in [0.717, 1.165) is 12.6 Å². The SMILES string of the molecule is CCCC(C)N1CC(C)NCC1(CC)CC. The molecule has 2 nitrogen and oxygen atoms in total. The zero-order valence-corrected chi connectivity index (χ0v) is 11.8. The van der Waals surface area contributed by atoms with E-state index in [1.807, 2.05) is 0 Å². The highest BCUT2D eigenvalue weighted by Crippen LogP contribution is 2.30. The predicted octanol–water partition coefficient (Wildman–Crippen LogP) is 3.03. The zero-order chi connectivity index (χ0) is 12.2. The summed E-state index contributed by atoms with van der Waals surface area (Å²) >= 11 is 0. The first-order valence-corrected chi connectivity index (χ1v) is 7.09. The molecule has 1 saturated heterocycles. The van der Waals surface area contributed by atoms with E-state index in [9.17, 15) is 0 Å². The van der Waals surface area contributed by atoms with E-state index in [0.29, 0.717) is 11.6 Å². The minimum Gasteiger partial charge on any atom is -0.311 e. The van der Waals surface area contributed by atoms with E-state index in [1.165, 1.54) is 32.2 Å². The van der Waals surface area contributed by atoms with Gasteiger partial charge in [-0.05, 0) is 33.1 Å². The summed E-state index contributed by atoms with van der Waals surface area (Å²) in [4.78, 5) is 2.78. The molecule has 0 radical (unpaired) electrons. The van der Waals surface area contributed by atoms with E-state index in [-0.39, 0.29) is 0 Å². The van der Waals surface area contributed by atoms with Crippen molar-refractivity contribution >= 4 is 0 Å². The molecule has 1 rings (SSSR count). The Morgan fingerprint density at radius 2 is 1.94 bits per heavy atom. The highest BCUT2D eigenvalue weighted by Gasteiger charge is 2.39. The van der Waals surface area contributed by atoms with Gasteiger partial charge in [0, 0.05) is 30.7 Å². The number of nitrogens with zero attached hydrogens (tertiary/aromatic N) is 1. The van der Waals surface area contributed by atoms with Crippen LogP contribution in [0.25, 0.3) is 0 Å². The summed E-state index contributed by atoms with van der Waals surface area (Å²) in [5.74, 6) is 0. The highest BCUT2D eigenvalue weighted by atomic mass is 15.3. The number of hydrogen-bond donors (Lipinski definition) is 1. The van der Waals surface area contributed by atoms with Crippen molar-refractivity contribution in [3.63, 3.8) is 0 Å². The molecule has 16 heavy (non-hydrogen) atoms. The summed E-state index contributed by atoms with van der Waals surface area (Å²) in [5, 5.41) is 3.66. The minimum atomic E-state index is 0.404. The van der Waals surface area contributed by atoms with Crippen molar-refractivity contribution in [1.29, 1.82) is 0 Å². The fourth-order valence-corrected chi connectivity index (χ4v) is 3.15. The Kier molecular flexibility index (Phi) is 5.26. The maximum atomic E-state index is 3.66. The van der Waals surface area contributed by atoms with Crippen LogP contribution in [0, 0.1) is 0 Å². The van der Waals surface area contributed by atoms with Gasteiger partial charge in [-0.15, -0.1) is 0 Å². The molecule has 2 atom stereocenters. The van der Waals surface area contributed by atoms with Crippen molar-refractivity contribution in [3.05, 3.63) is 0 Å². The summed E-state index contributed by atoms with van der Waals surface area (Å²) in [5.41, 5.74) is 0.404. The molecule has 1 aliphatic heterocycles. The van der Waals surface area contributed by atoms with Gasteiger partial charge in [0.2, 0.25) is 0 Å². The van der Waals surface area contributed by atoms with Gasteiger partial charge in [-0.2, -0.15) is 0 Å². The number of piperazine rings is 1. The molecule has 0 bridgehead atoms. The normalized spacial score (nSPS) is 27.9. The summed E-state index contributed by atoms with van der Waals surface area (Å²) in [6.07, 6.45) is 5.14. The molecule has 1 fully saturated rings. The van der Waals surface area contributed by atoms with Crippen molar-refractivity contribution in [2.75, 3.05) is 13.1 Å². The largest absolute Gasteiger partial charge is 0.311 e. The average molecular weight is 226 g/mol. The van der Waals surface area contributed by atoms with Gasteiger partial charge in [-0.1, -0.05) is 27.2 Å². The third-order valence-corrected chi connectivity index (χ3v) is 4.41. The number of nitrogens with one attached hydrogen (secondary N) is 1. The molecule has 0 aromatic rings. The second-order valence-corrected chi connectivity index (χ2v) is 5.50. The smallest absolute Gasteiger partial charge is 0.0332 e. The summed E-state index contributed by atoms with van der Waals surface area (Å²) in [7, 11) is 0. The van der Waals surface area contributed by atoms with Crippen LogP contribution in [0.4, 0.5) is 0 Å². The van der Waals surface area contributed by atoms with Gasteiger partial charge in [0.1, 0.15) is 0 Å². The van der Waals surface area contributed by atoms with Crippen LogP contribution in [0.1, 0.15) is 60.3 Å². The second kappa shape index (κ2) is 6.02. The maximum absolute atomic E-state index is 3.66. The van der Waals surface area contributed by atoms with Crippen LogP contribution in [0.3, 0.4) is 0 Å². The van der Waals surface area contributed by atoms with Crippen molar-refractivity contribution in [2.45, 2.75) is 77.9 Å². The second-order valence-electron chi connectivity index (χ2n) is 5.50. The average Bonchev–Trinajstić information content (AvgIpc) is 2.30. The Balaban J connectivity index is 2.79. The van der Waals surface area contributed by atoms with Gasteiger partial charge in [-0.3, -0.25) is 4.90 Å². The fourth-order valence-electron chi connectivity index (χ4n) is 3.15. The van der Waals surface area contributed by atoms with Gasteiger partial charge in [-0.25, -0.2) is 0 Å². The van der Waals surface area contributed by atoms with Gasteiger partial charge >= 0.3 is 0 Å². The van der Waals surface area contributed by atoms with Crippen LogP contribution in [0.15, 0.2) is 0 Å². The van der Waals surface area contributed by atoms with Crippen LogP contribution in [-0.4, -0.2) is 35.6 Å². The Morgan fingerprint density at radius 1 is 1.31 bits per heavy atom. The summed E-state index contributed by atoms with van der Waals surface area (Å²) in [6.45, 7) is 14.1. The van der Waals surface area contributed by atoms with Crippen LogP contribution < -0.4 is 5.32 Å². The van der Waals surface area contributed by atoms with Gasteiger partial charge in [0.05, 0.1) is 0 Å². The lowest BCUT2D eigenvalue weighted by atomic mass is 9.85. The van der Waals surface area contributed by atoms with E-state index < -0.39 is 0 Å². The van der Waals surface area contributed by atoms with E-state index >= 15 is 0 Å². The Labute approximate surface area is 102 Å². The van der Waals surface area contributed by atoms with Crippen molar-refractivity contribution in [2.24, 2.45) is 0 Å². The first-order valence-electron chi connectivity index (χ1n) is 7.09. The molecule has 1 aliphatic rings. The Morgan fingerprint density at radius 3 is 2.44 bits per heavy atom. The quantitative estimate of drug-likeness (QED) is 0.775. The molecule has 2 unspecified atom stereocenters. The first-order chi connectivity index (χ1) is 7.59.